The second-order valence-electron chi connectivity index (χ2n) is 5.81. The molecule has 0 aliphatic carbocycles. The van der Waals surface area contributed by atoms with Crippen molar-refractivity contribution in [1.29, 1.82) is 0 Å². The summed E-state index contributed by atoms with van der Waals surface area (Å²) in [6, 6.07) is 8.21. The van der Waals surface area contributed by atoms with Gasteiger partial charge in [0.05, 0.1) is 11.1 Å². The van der Waals surface area contributed by atoms with E-state index in [9.17, 15) is 4.79 Å². The number of aldehydes is 1. The molecule has 0 aliphatic rings. The molecule has 20 heavy (non-hydrogen) atoms. The highest BCUT2D eigenvalue weighted by Crippen LogP contribution is 2.33. The number of carbonyl (C=O) groups excluding carboxylic acids is 1. The van der Waals surface area contributed by atoms with Gasteiger partial charge in [-0.3, -0.25) is 9.48 Å². The zero-order valence-corrected chi connectivity index (χ0v) is 12.6. The molecule has 0 bridgehead atoms. The molecule has 0 atom stereocenters. The van der Waals surface area contributed by atoms with Crippen molar-refractivity contribution in [2.45, 2.75) is 26.3 Å². The molecule has 0 N–H and O–H groups in total. The summed E-state index contributed by atoms with van der Waals surface area (Å²) >= 11 is 1.68. The zero-order chi connectivity index (χ0) is 14.3. The van der Waals surface area contributed by atoms with Crippen LogP contribution in [0, 0.1) is 0 Å². The molecule has 4 heteroatoms. The summed E-state index contributed by atoms with van der Waals surface area (Å²) in [6.07, 6.45) is 2.71. The van der Waals surface area contributed by atoms with Crippen molar-refractivity contribution in [3.05, 3.63) is 41.4 Å². The maximum absolute atomic E-state index is 11.4. The molecule has 0 spiro atoms. The van der Waals surface area contributed by atoms with Crippen LogP contribution >= 0.6 is 11.3 Å². The number of aromatic nitrogens is 2. The Balaban J connectivity index is 2.26. The van der Waals surface area contributed by atoms with Crippen LogP contribution in [-0.2, 0) is 5.54 Å². The van der Waals surface area contributed by atoms with Crippen LogP contribution in [0.15, 0.2) is 35.8 Å². The molecule has 1 aromatic carbocycles. The fourth-order valence-corrected chi connectivity index (χ4v) is 3.12. The minimum atomic E-state index is -0.140. The van der Waals surface area contributed by atoms with Crippen LogP contribution in [0.5, 0.6) is 0 Å². The van der Waals surface area contributed by atoms with E-state index in [4.69, 9.17) is 0 Å². The maximum Gasteiger partial charge on any atom is 0.153 e. The van der Waals surface area contributed by atoms with Crippen molar-refractivity contribution in [2.24, 2.45) is 0 Å². The van der Waals surface area contributed by atoms with Gasteiger partial charge < -0.3 is 0 Å². The Hall–Kier alpha value is -1.94. The molecule has 3 nitrogen and oxygen atoms in total. The van der Waals surface area contributed by atoms with Crippen molar-refractivity contribution in [3.63, 3.8) is 0 Å². The van der Waals surface area contributed by atoms with Crippen molar-refractivity contribution < 1.29 is 4.79 Å². The Labute approximate surface area is 121 Å². The number of benzene rings is 1. The number of rotatable bonds is 2. The summed E-state index contributed by atoms with van der Waals surface area (Å²) in [7, 11) is 0. The van der Waals surface area contributed by atoms with Crippen molar-refractivity contribution in [1.82, 2.24) is 9.78 Å². The fraction of sp³-hybridized carbons (Fsp3) is 0.250. The van der Waals surface area contributed by atoms with Gasteiger partial charge >= 0.3 is 0 Å². The van der Waals surface area contributed by atoms with Crippen LogP contribution in [0.2, 0.25) is 0 Å². The first-order chi connectivity index (χ1) is 9.50. The molecule has 0 saturated carbocycles. The summed E-state index contributed by atoms with van der Waals surface area (Å²) in [4.78, 5) is 11.4. The summed E-state index contributed by atoms with van der Waals surface area (Å²) in [5.74, 6) is 0. The van der Waals surface area contributed by atoms with Crippen LogP contribution in [0.4, 0.5) is 0 Å². The molecule has 3 aromatic rings. The smallest absolute Gasteiger partial charge is 0.153 e. The highest BCUT2D eigenvalue weighted by atomic mass is 32.1. The molecular weight excluding hydrogens is 268 g/mol. The van der Waals surface area contributed by atoms with Gasteiger partial charge in [-0.1, -0.05) is 18.2 Å². The van der Waals surface area contributed by atoms with E-state index in [-0.39, 0.29) is 5.54 Å². The quantitative estimate of drug-likeness (QED) is 0.656. The molecule has 3 rings (SSSR count). The third-order valence-corrected chi connectivity index (χ3v) is 4.25. The average molecular weight is 284 g/mol. The summed E-state index contributed by atoms with van der Waals surface area (Å²) < 4.78 is 3.04. The van der Waals surface area contributed by atoms with E-state index in [1.165, 1.54) is 10.1 Å². The normalized spacial score (nSPS) is 11.9. The summed E-state index contributed by atoms with van der Waals surface area (Å²) in [5.41, 5.74) is 2.30. The predicted octanol–water partition coefficient (Wildman–Crippen LogP) is 4.33. The summed E-state index contributed by atoms with van der Waals surface area (Å²) in [5, 5.41) is 7.90. The van der Waals surface area contributed by atoms with Gasteiger partial charge in [0, 0.05) is 16.5 Å². The highest BCUT2D eigenvalue weighted by molar-refractivity contribution is 7.17. The second-order valence-corrected chi connectivity index (χ2v) is 6.73. The van der Waals surface area contributed by atoms with E-state index in [1.807, 2.05) is 23.0 Å². The van der Waals surface area contributed by atoms with E-state index in [2.05, 4.69) is 43.4 Å². The molecule has 2 heterocycles. The molecule has 0 amide bonds. The van der Waals surface area contributed by atoms with Crippen LogP contribution in [-0.4, -0.2) is 16.1 Å². The van der Waals surface area contributed by atoms with Gasteiger partial charge in [0.25, 0.3) is 0 Å². The van der Waals surface area contributed by atoms with Crippen molar-refractivity contribution in [2.75, 3.05) is 0 Å². The second kappa shape index (κ2) is 4.56. The SMILES string of the molecule is CC(C)(C)n1cc(C=O)c(-c2cccc3ccsc23)n1. The van der Waals surface area contributed by atoms with Gasteiger partial charge in [-0.15, -0.1) is 11.3 Å². The third-order valence-electron chi connectivity index (χ3n) is 3.29. The van der Waals surface area contributed by atoms with Crippen LogP contribution in [0.25, 0.3) is 21.3 Å². The molecule has 2 aromatic heterocycles. The average Bonchev–Trinajstić information content (AvgIpc) is 3.03. The molecule has 0 fully saturated rings. The van der Waals surface area contributed by atoms with Crippen molar-refractivity contribution >= 4 is 27.7 Å². The lowest BCUT2D eigenvalue weighted by atomic mass is 10.1. The number of hydrogen-bond acceptors (Lipinski definition) is 3. The lowest BCUT2D eigenvalue weighted by molar-refractivity contribution is 0.112. The number of carbonyl (C=O) groups is 1. The Morgan fingerprint density at radius 3 is 2.75 bits per heavy atom. The minimum Gasteiger partial charge on any atom is -0.298 e. The number of hydrogen-bond donors (Lipinski definition) is 0. The molecule has 102 valence electrons. The first kappa shape index (κ1) is 13.1. The van der Waals surface area contributed by atoms with E-state index in [0.29, 0.717) is 5.56 Å². The van der Waals surface area contributed by atoms with Crippen LogP contribution in [0.3, 0.4) is 0 Å². The monoisotopic (exact) mass is 284 g/mol. The van der Waals surface area contributed by atoms with E-state index in [1.54, 1.807) is 11.3 Å². The first-order valence-corrected chi connectivity index (χ1v) is 7.40. The van der Waals surface area contributed by atoms with Gasteiger partial charge in [0.1, 0.15) is 5.69 Å². The first-order valence-electron chi connectivity index (χ1n) is 6.52. The lowest BCUT2D eigenvalue weighted by Crippen LogP contribution is -2.22. The molecule has 0 radical (unpaired) electrons. The van der Waals surface area contributed by atoms with Gasteiger partial charge in [-0.2, -0.15) is 5.10 Å². The van der Waals surface area contributed by atoms with Crippen LogP contribution < -0.4 is 0 Å². The van der Waals surface area contributed by atoms with Crippen LogP contribution in [0.1, 0.15) is 31.1 Å². The minimum absolute atomic E-state index is 0.140. The molecule has 0 saturated heterocycles. The molecular formula is C16H16N2OS. The van der Waals surface area contributed by atoms with E-state index < -0.39 is 0 Å². The Morgan fingerprint density at radius 2 is 2.05 bits per heavy atom. The van der Waals surface area contributed by atoms with E-state index in [0.717, 1.165) is 17.5 Å². The topological polar surface area (TPSA) is 34.9 Å². The standard InChI is InChI=1S/C16H16N2OS/c1-16(2,3)18-9-12(10-19)14(17-18)13-6-4-5-11-7-8-20-15(11)13/h4-10H,1-3H3. The zero-order valence-electron chi connectivity index (χ0n) is 11.8. The number of nitrogens with zero attached hydrogens (tertiary/aromatic N) is 2. The Kier molecular flexibility index (Phi) is 2.98. The number of thiophene rings is 1. The maximum atomic E-state index is 11.4. The fourth-order valence-electron chi connectivity index (χ4n) is 2.21. The van der Waals surface area contributed by atoms with Gasteiger partial charge in [-0.25, -0.2) is 0 Å². The third kappa shape index (κ3) is 2.06. The predicted molar refractivity (Wildman–Crippen MR) is 83.4 cm³/mol. The Morgan fingerprint density at radius 1 is 1.25 bits per heavy atom. The largest absolute Gasteiger partial charge is 0.298 e. The van der Waals surface area contributed by atoms with Crippen molar-refractivity contribution in [3.8, 4) is 11.3 Å². The summed E-state index contributed by atoms with van der Waals surface area (Å²) in [6.45, 7) is 6.22. The van der Waals surface area contributed by atoms with Gasteiger partial charge in [-0.05, 0) is 37.6 Å². The molecule has 0 aliphatic heterocycles. The lowest BCUT2D eigenvalue weighted by Gasteiger charge is -2.18. The highest BCUT2D eigenvalue weighted by Gasteiger charge is 2.20. The number of fused-ring (bicyclic) bond motifs is 1. The Bertz CT molecular complexity index is 777. The molecule has 0 unspecified atom stereocenters. The van der Waals surface area contributed by atoms with Gasteiger partial charge in [0.2, 0.25) is 0 Å². The van der Waals surface area contributed by atoms with E-state index >= 15 is 0 Å². The van der Waals surface area contributed by atoms with Gasteiger partial charge in [0.15, 0.2) is 6.29 Å².